The highest BCUT2D eigenvalue weighted by atomic mass is 19.3. The number of carbonyl (C=O) groups is 2. The summed E-state index contributed by atoms with van der Waals surface area (Å²) in [6.45, 7) is -3.12. The largest absolute Gasteiger partial charge is 0.465 e. The Morgan fingerprint density at radius 2 is 1.67 bits per heavy atom. The minimum absolute atomic E-state index is 0.0801. The predicted octanol–water partition coefficient (Wildman–Crippen LogP) is 3.43. The van der Waals surface area contributed by atoms with Gasteiger partial charge in [-0.2, -0.15) is 8.78 Å². The van der Waals surface area contributed by atoms with Crippen LogP contribution in [0.5, 0.6) is 5.75 Å². The Balaban J connectivity index is 2.02. The summed E-state index contributed by atoms with van der Waals surface area (Å²) in [6.07, 6.45) is 0. The number of esters is 2. The maximum Gasteiger partial charge on any atom is 0.387 e. The van der Waals surface area contributed by atoms with Crippen molar-refractivity contribution in [2.45, 2.75) is 13.2 Å². The van der Waals surface area contributed by atoms with E-state index < -0.39 is 18.6 Å². The molecule has 0 aliphatic rings. The molecule has 0 N–H and O–H groups in total. The lowest BCUT2D eigenvalue weighted by atomic mass is 10.1. The van der Waals surface area contributed by atoms with Gasteiger partial charge >= 0.3 is 18.6 Å². The smallest absolute Gasteiger partial charge is 0.387 e. The molecule has 0 bridgehead atoms. The molecule has 2 rings (SSSR count). The van der Waals surface area contributed by atoms with E-state index in [4.69, 9.17) is 4.74 Å². The Labute approximate surface area is 136 Å². The van der Waals surface area contributed by atoms with E-state index in [0.29, 0.717) is 11.1 Å². The third kappa shape index (κ3) is 4.52. The topological polar surface area (TPSA) is 61.8 Å². The molecule has 0 heterocycles. The van der Waals surface area contributed by atoms with Crippen LogP contribution in [0.2, 0.25) is 0 Å². The van der Waals surface area contributed by atoms with Crippen LogP contribution >= 0.6 is 0 Å². The first kappa shape index (κ1) is 17.4. The number of alkyl halides is 2. The molecule has 0 aromatic heterocycles. The quantitative estimate of drug-likeness (QED) is 0.756. The third-order valence-corrected chi connectivity index (χ3v) is 3.07. The van der Waals surface area contributed by atoms with Gasteiger partial charge in [0.1, 0.15) is 17.9 Å². The summed E-state index contributed by atoms with van der Waals surface area (Å²) in [7, 11) is 1.27. The van der Waals surface area contributed by atoms with Crippen LogP contribution in [0.4, 0.5) is 8.78 Å². The van der Waals surface area contributed by atoms with Crippen molar-refractivity contribution >= 4 is 11.9 Å². The molecule has 0 atom stereocenters. The second-order valence-electron chi connectivity index (χ2n) is 4.64. The lowest BCUT2D eigenvalue weighted by Crippen LogP contribution is -2.10. The van der Waals surface area contributed by atoms with Crippen molar-refractivity contribution < 1.29 is 32.6 Å². The zero-order valence-electron chi connectivity index (χ0n) is 12.7. The molecule has 0 unspecified atom stereocenters. The molecule has 5 nitrogen and oxygen atoms in total. The fourth-order valence-electron chi connectivity index (χ4n) is 1.92. The van der Waals surface area contributed by atoms with Crippen LogP contribution in [0.25, 0.3) is 0 Å². The standard InChI is InChI=1S/C17H14F2O5/c1-22-15(20)12-8-6-11(7-9-12)10-23-16(21)13-4-2-3-5-14(13)24-17(18)19/h2-9,17H,10H2,1H3. The first-order chi connectivity index (χ1) is 11.5. The Kier molecular flexibility index (Phi) is 5.83. The summed E-state index contributed by atoms with van der Waals surface area (Å²) < 4.78 is 38.6. The predicted molar refractivity (Wildman–Crippen MR) is 80.0 cm³/mol. The number of hydrogen-bond acceptors (Lipinski definition) is 5. The molecule has 0 aliphatic heterocycles. The van der Waals surface area contributed by atoms with Crippen LogP contribution in [0.15, 0.2) is 48.5 Å². The second-order valence-corrected chi connectivity index (χ2v) is 4.64. The summed E-state index contributed by atoms with van der Waals surface area (Å²) in [6, 6.07) is 11.8. The van der Waals surface area contributed by atoms with Crippen molar-refractivity contribution in [3.63, 3.8) is 0 Å². The molecule has 2 aromatic carbocycles. The van der Waals surface area contributed by atoms with Gasteiger partial charge < -0.3 is 14.2 Å². The molecule has 24 heavy (non-hydrogen) atoms. The lowest BCUT2D eigenvalue weighted by molar-refractivity contribution is -0.0505. The summed E-state index contributed by atoms with van der Waals surface area (Å²) >= 11 is 0. The van der Waals surface area contributed by atoms with E-state index in [1.807, 2.05) is 0 Å². The highest BCUT2D eigenvalue weighted by Crippen LogP contribution is 2.21. The number of benzene rings is 2. The van der Waals surface area contributed by atoms with Crippen molar-refractivity contribution in [3.8, 4) is 5.75 Å². The first-order valence-corrected chi connectivity index (χ1v) is 6.89. The van der Waals surface area contributed by atoms with Crippen LogP contribution in [-0.4, -0.2) is 25.7 Å². The van der Waals surface area contributed by atoms with E-state index in [1.165, 1.54) is 43.5 Å². The molecule has 7 heteroatoms. The molecular weight excluding hydrogens is 322 g/mol. The molecule has 126 valence electrons. The molecule has 0 radical (unpaired) electrons. The van der Waals surface area contributed by atoms with Crippen LogP contribution in [-0.2, 0) is 16.1 Å². The third-order valence-electron chi connectivity index (χ3n) is 3.07. The minimum Gasteiger partial charge on any atom is -0.465 e. The minimum atomic E-state index is -3.04. The zero-order valence-corrected chi connectivity index (χ0v) is 12.7. The van der Waals surface area contributed by atoms with Crippen molar-refractivity contribution in [3.05, 3.63) is 65.2 Å². The average Bonchev–Trinajstić information content (AvgIpc) is 2.59. The molecule has 0 fully saturated rings. The van der Waals surface area contributed by atoms with Gasteiger partial charge in [0.05, 0.1) is 12.7 Å². The van der Waals surface area contributed by atoms with Gasteiger partial charge in [-0.25, -0.2) is 9.59 Å². The summed E-state index contributed by atoms with van der Waals surface area (Å²) in [5.41, 5.74) is 0.899. The van der Waals surface area contributed by atoms with Gasteiger partial charge in [-0.15, -0.1) is 0 Å². The average molecular weight is 336 g/mol. The molecular formula is C17H14F2O5. The van der Waals surface area contributed by atoms with Crippen LogP contribution in [0.3, 0.4) is 0 Å². The van der Waals surface area contributed by atoms with Crippen LogP contribution < -0.4 is 4.74 Å². The van der Waals surface area contributed by atoms with Gasteiger partial charge in [-0.1, -0.05) is 24.3 Å². The van der Waals surface area contributed by atoms with E-state index in [9.17, 15) is 18.4 Å². The number of carbonyl (C=O) groups excluding carboxylic acids is 2. The number of rotatable bonds is 6. The van der Waals surface area contributed by atoms with Gasteiger partial charge in [0, 0.05) is 0 Å². The maximum absolute atomic E-state index is 12.3. The van der Waals surface area contributed by atoms with Gasteiger partial charge in [0.25, 0.3) is 0 Å². The Bertz CT molecular complexity index is 713. The highest BCUT2D eigenvalue weighted by Gasteiger charge is 2.16. The van der Waals surface area contributed by atoms with E-state index in [1.54, 1.807) is 12.1 Å². The van der Waals surface area contributed by atoms with Crippen molar-refractivity contribution in [1.82, 2.24) is 0 Å². The fraction of sp³-hybridized carbons (Fsp3) is 0.176. The van der Waals surface area contributed by atoms with E-state index >= 15 is 0 Å². The Hall–Kier alpha value is -2.96. The number of hydrogen-bond donors (Lipinski definition) is 0. The molecule has 2 aromatic rings. The van der Waals surface area contributed by atoms with Crippen LogP contribution in [0, 0.1) is 0 Å². The Morgan fingerprint density at radius 3 is 2.29 bits per heavy atom. The molecule has 0 amide bonds. The van der Waals surface area contributed by atoms with E-state index in [0.717, 1.165) is 0 Å². The van der Waals surface area contributed by atoms with Crippen molar-refractivity contribution in [1.29, 1.82) is 0 Å². The molecule has 0 aliphatic carbocycles. The molecule has 0 saturated carbocycles. The monoisotopic (exact) mass is 336 g/mol. The number of ether oxygens (including phenoxy) is 3. The second kappa shape index (κ2) is 8.05. The van der Waals surface area contributed by atoms with Gasteiger partial charge in [-0.3, -0.25) is 0 Å². The highest BCUT2D eigenvalue weighted by molar-refractivity contribution is 5.92. The molecule has 0 saturated heterocycles. The van der Waals surface area contributed by atoms with Gasteiger partial charge in [0.15, 0.2) is 0 Å². The maximum atomic E-state index is 12.3. The number of para-hydroxylation sites is 1. The van der Waals surface area contributed by atoms with Gasteiger partial charge in [0.2, 0.25) is 0 Å². The van der Waals surface area contributed by atoms with Crippen molar-refractivity contribution in [2.75, 3.05) is 7.11 Å². The lowest BCUT2D eigenvalue weighted by Gasteiger charge is -2.10. The summed E-state index contributed by atoms with van der Waals surface area (Å²) in [4.78, 5) is 23.3. The summed E-state index contributed by atoms with van der Waals surface area (Å²) in [5.74, 6) is -1.52. The van der Waals surface area contributed by atoms with Crippen LogP contribution in [0.1, 0.15) is 26.3 Å². The normalized spacial score (nSPS) is 10.3. The van der Waals surface area contributed by atoms with Gasteiger partial charge in [-0.05, 0) is 29.8 Å². The van der Waals surface area contributed by atoms with E-state index in [-0.39, 0.29) is 17.9 Å². The zero-order chi connectivity index (χ0) is 17.5. The Morgan fingerprint density at radius 1 is 1.00 bits per heavy atom. The summed E-state index contributed by atoms with van der Waals surface area (Å²) in [5, 5.41) is 0. The number of halogens is 2. The number of methoxy groups -OCH3 is 1. The fourth-order valence-corrected chi connectivity index (χ4v) is 1.92. The SMILES string of the molecule is COC(=O)c1ccc(COC(=O)c2ccccc2OC(F)F)cc1. The molecule has 0 spiro atoms. The van der Waals surface area contributed by atoms with E-state index in [2.05, 4.69) is 9.47 Å². The van der Waals surface area contributed by atoms with Crippen molar-refractivity contribution in [2.24, 2.45) is 0 Å². The first-order valence-electron chi connectivity index (χ1n) is 6.89.